The molecule has 0 N–H and O–H groups in total. The minimum atomic E-state index is -1.29. The maximum Gasteiger partial charge on any atom is 0.310 e. The third kappa shape index (κ3) is 4.51. The van der Waals surface area contributed by atoms with Crippen molar-refractivity contribution >= 4 is 27.5 Å². The lowest BCUT2D eigenvalue weighted by Crippen LogP contribution is -2.07. The fraction of sp³-hybridized carbons (Fsp3) is 0.136. The standard InChI is InChI=1S/C22H15F3N2O3S/c1-29-18(28)9-13-7-12(11-26-22(13)30-14-5-3-2-4-6-14)8-17-27-20-19(25)15(23)10-16(24)21(20)31-17/h2-7,10-11H,8-9H2,1H3. The molecule has 0 atom stereocenters. The molecule has 2 heterocycles. The highest BCUT2D eigenvalue weighted by molar-refractivity contribution is 7.18. The summed E-state index contributed by atoms with van der Waals surface area (Å²) in [5, 5.41) is 0.376. The van der Waals surface area contributed by atoms with Crippen LogP contribution in [-0.4, -0.2) is 23.0 Å². The zero-order valence-electron chi connectivity index (χ0n) is 16.2. The van der Waals surface area contributed by atoms with Crippen LogP contribution in [0.15, 0.2) is 48.7 Å². The summed E-state index contributed by atoms with van der Waals surface area (Å²) in [6.07, 6.45) is 1.64. The quantitative estimate of drug-likeness (QED) is 0.302. The van der Waals surface area contributed by atoms with Crippen LogP contribution in [0.5, 0.6) is 11.6 Å². The molecule has 0 saturated carbocycles. The summed E-state index contributed by atoms with van der Waals surface area (Å²) in [4.78, 5) is 20.2. The van der Waals surface area contributed by atoms with E-state index in [1.807, 2.05) is 6.07 Å². The lowest BCUT2D eigenvalue weighted by Gasteiger charge is -2.11. The van der Waals surface area contributed by atoms with E-state index in [0.717, 1.165) is 11.3 Å². The van der Waals surface area contributed by atoms with E-state index in [1.54, 1.807) is 30.3 Å². The van der Waals surface area contributed by atoms with Crippen LogP contribution in [0.1, 0.15) is 16.1 Å². The van der Waals surface area contributed by atoms with Crippen molar-refractivity contribution in [3.8, 4) is 11.6 Å². The molecular formula is C22H15F3N2O3S. The van der Waals surface area contributed by atoms with Gasteiger partial charge >= 0.3 is 5.97 Å². The molecular weight excluding hydrogens is 429 g/mol. The number of aromatic nitrogens is 2. The minimum absolute atomic E-state index is 0.0549. The fourth-order valence-corrected chi connectivity index (χ4v) is 3.97. The molecule has 9 heteroatoms. The van der Waals surface area contributed by atoms with Crippen molar-refractivity contribution < 1.29 is 27.4 Å². The number of ether oxygens (including phenoxy) is 2. The Hall–Kier alpha value is -3.46. The van der Waals surface area contributed by atoms with Gasteiger partial charge in [0.15, 0.2) is 11.6 Å². The Morgan fingerprint density at radius 3 is 2.61 bits per heavy atom. The van der Waals surface area contributed by atoms with Crippen molar-refractivity contribution in [3.63, 3.8) is 0 Å². The number of methoxy groups -OCH3 is 1. The molecule has 0 saturated heterocycles. The van der Waals surface area contributed by atoms with Gasteiger partial charge < -0.3 is 9.47 Å². The van der Waals surface area contributed by atoms with Gasteiger partial charge in [-0.05, 0) is 23.8 Å². The number of fused-ring (bicyclic) bond motifs is 1. The van der Waals surface area contributed by atoms with Gasteiger partial charge in [0.1, 0.15) is 17.1 Å². The molecule has 0 aliphatic carbocycles. The molecule has 0 aliphatic heterocycles. The van der Waals surface area contributed by atoms with E-state index >= 15 is 0 Å². The van der Waals surface area contributed by atoms with E-state index in [1.165, 1.54) is 13.3 Å². The van der Waals surface area contributed by atoms with Gasteiger partial charge in [-0.15, -0.1) is 11.3 Å². The Morgan fingerprint density at radius 2 is 1.87 bits per heavy atom. The van der Waals surface area contributed by atoms with Crippen molar-refractivity contribution in [1.82, 2.24) is 9.97 Å². The smallest absolute Gasteiger partial charge is 0.310 e. The number of halogens is 3. The summed E-state index contributed by atoms with van der Waals surface area (Å²) in [7, 11) is 1.28. The Kier molecular flexibility index (Phi) is 5.85. The average molecular weight is 444 g/mol. The monoisotopic (exact) mass is 444 g/mol. The Labute approximate surface area is 179 Å². The number of nitrogens with zero attached hydrogens (tertiary/aromatic N) is 2. The summed E-state index contributed by atoms with van der Waals surface area (Å²) in [6.45, 7) is 0. The van der Waals surface area contributed by atoms with Gasteiger partial charge in [0.2, 0.25) is 5.88 Å². The van der Waals surface area contributed by atoms with Crippen LogP contribution >= 0.6 is 11.3 Å². The van der Waals surface area contributed by atoms with Gasteiger partial charge in [0.05, 0.1) is 23.2 Å². The average Bonchev–Trinajstić information content (AvgIpc) is 3.19. The highest BCUT2D eigenvalue weighted by atomic mass is 32.1. The fourth-order valence-electron chi connectivity index (χ4n) is 2.97. The number of hydrogen-bond acceptors (Lipinski definition) is 6. The molecule has 4 aromatic rings. The van der Waals surface area contributed by atoms with E-state index in [9.17, 15) is 18.0 Å². The summed E-state index contributed by atoms with van der Waals surface area (Å²) in [5.74, 6) is -3.02. The zero-order valence-corrected chi connectivity index (χ0v) is 17.0. The third-order valence-corrected chi connectivity index (χ3v) is 5.48. The van der Waals surface area contributed by atoms with Crippen LogP contribution in [0.2, 0.25) is 0 Å². The molecule has 2 aromatic carbocycles. The Bertz CT molecular complexity index is 1260. The lowest BCUT2D eigenvalue weighted by atomic mass is 10.1. The van der Waals surface area contributed by atoms with Crippen molar-refractivity contribution in [2.45, 2.75) is 12.8 Å². The molecule has 0 unspecified atom stereocenters. The van der Waals surface area contributed by atoms with Crippen LogP contribution in [0.3, 0.4) is 0 Å². The first-order valence-corrected chi connectivity index (χ1v) is 9.96. The number of carbonyl (C=O) groups excluding carboxylic acids is 1. The van der Waals surface area contributed by atoms with Crippen molar-refractivity contribution in [2.75, 3.05) is 7.11 Å². The van der Waals surface area contributed by atoms with Crippen LogP contribution < -0.4 is 4.74 Å². The molecule has 2 aromatic heterocycles. The molecule has 0 radical (unpaired) electrons. The second-order valence-corrected chi connectivity index (χ2v) is 7.68. The topological polar surface area (TPSA) is 61.3 Å². The van der Waals surface area contributed by atoms with Gasteiger partial charge in [-0.25, -0.2) is 23.1 Å². The summed E-state index contributed by atoms with van der Waals surface area (Å²) in [5.41, 5.74) is 0.779. The zero-order chi connectivity index (χ0) is 22.0. The number of pyridine rings is 1. The summed E-state index contributed by atoms with van der Waals surface area (Å²) < 4.78 is 51.9. The second kappa shape index (κ2) is 8.73. The van der Waals surface area contributed by atoms with Crippen molar-refractivity contribution in [1.29, 1.82) is 0 Å². The van der Waals surface area contributed by atoms with Gasteiger partial charge in [-0.3, -0.25) is 4.79 Å². The first-order chi connectivity index (χ1) is 14.9. The van der Waals surface area contributed by atoms with Gasteiger partial charge in [0.25, 0.3) is 0 Å². The number of para-hydroxylation sites is 1. The predicted octanol–water partition coefficient (Wildman–Crippen LogP) is 5.21. The number of benzene rings is 2. The number of hydrogen-bond donors (Lipinski definition) is 0. The maximum absolute atomic E-state index is 14.0. The Morgan fingerprint density at radius 1 is 1.10 bits per heavy atom. The van der Waals surface area contributed by atoms with E-state index in [4.69, 9.17) is 9.47 Å². The first-order valence-electron chi connectivity index (χ1n) is 9.15. The third-order valence-electron chi connectivity index (χ3n) is 4.42. The Balaban J connectivity index is 1.66. The van der Waals surface area contributed by atoms with Crippen LogP contribution in [0.25, 0.3) is 10.2 Å². The molecule has 0 spiro atoms. The molecule has 5 nitrogen and oxygen atoms in total. The minimum Gasteiger partial charge on any atom is -0.469 e. The highest BCUT2D eigenvalue weighted by Gasteiger charge is 2.19. The molecule has 0 amide bonds. The van der Waals surface area contributed by atoms with Crippen LogP contribution in [0, 0.1) is 17.5 Å². The van der Waals surface area contributed by atoms with E-state index in [0.29, 0.717) is 28.0 Å². The number of thiazole rings is 1. The number of rotatable bonds is 6. The highest BCUT2D eigenvalue weighted by Crippen LogP contribution is 2.31. The van der Waals surface area contributed by atoms with Gasteiger partial charge in [0, 0.05) is 24.2 Å². The van der Waals surface area contributed by atoms with Crippen molar-refractivity contribution in [3.05, 3.63) is 82.2 Å². The van der Waals surface area contributed by atoms with E-state index < -0.39 is 23.4 Å². The van der Waals surface area contributed by atoms with E-state index in [2.05, 4.69) is 9.97 Å². The molecule has 4 rings (SSSR count). The first kappa shape index (κ1) is 20.8. The lowest BCUT2D eigenvalue weighted by molar-refractivity contribution is -0.139. The molecule has 31 heavy (non-hydrogen) atoms. The second-order valence-electron chi connectivity index (χ2n) is 6.59. The number of carbonyl (C=O) groups is 1. The van der Waals surface area contributed by atoms with Crippen LogP contribution in [-0.2, 0) is 22.4 Å². The SMILES string of the molecule is COC(=O)Cc1cc(Cc2nc3c(F)c(F)cc(F)c3s2)cnc1Oc1ccccc1. The van der Waals surface area contributed by atoms with Crippen LogP contribution in [0.4, 0.5) is 13.2 Å². The summed E-state index contributed by atoms with van der Waals surface area (Å²) in [6, 6.07) is 11.2. The van der Waals surface area contributed by atoms with Gasteiger partial charge in [-0.1, -0.05) is 18.2 Å². The van der Waals surface area contributed by atoms with Crippen molar-refractivity contribution in [2.24, 2.45) is 0 Å². The maximum atomic E-state index is 14.0. The molecule has 0 aliphatic rings. The normalized spacial score (nSPS) is 11.0. The molecule has 0 bridgehead atoms. The predicted molar refractivity (Wildman–Crippen MR) is 109 cm³/mol. The number of esters is 1. The summed E-state index contributed by atoms with van der Waals surface area (Å²) >= 11 is 0.929. The molecule has 158 valence electrons. The van der Waals surface area contributed by atoms with E-state index in [-0.39, 0.29) is 28.9 Å². The van der Waals surface area contributed by atoms with Gasteiger partial charge in [-0.2, -0.15) is 0 Å². The molecule has 0 fully saturated rings. The largest absolute Gasteiger partial charge is 0.469 e.